The van der Waals surface area contributed by atoms with E-state index in [4.69, 9.17) is 4.74 Å². The van der Waals surface area contributed by atoms with Crippen molar-refractivity contribution in [2.24, 2.45) is 0 Å². The van der Waals surface area contributed by atoms with Crippen molar-refractivity contribution >= 4 is 5.69 Å². The number of hydrogen-bond acceptors (Lipinski definition) is 3. The maximum absolute atomic E-state index is 14.4. The molecule has 1 aromatic carbocycles. The first kappa shape index (κ1) is 13.8. The second-order valence-electron chi connectivity index (χ2n) is 5.84. The predicted octanol–water partition coefficient (Wildman–Crippen LogP) is 3.03. The summed E-state index contributed by atoms with van der Waals surface area (Å²) in [5.41, 5.74) is 1.27. The molecule has 1 N–H and O–H groups in total. The van der Waals surface area contributed by atoms with Gasteiger partial charge in [-0.1, -0.05) is 18.9 Å². The lowest BCUT2D eigenvalue weighted by atomic mass is 9.89. The minimum atomic E-state index is -0.634. The molecule has 4 heteroatoms. The first-order chi connectivity index (χ1) is 9.66. The highest BCUT2D eigenvalue weighted by Crippen LogP contribution is 2.33. The summed E-state index contributed by atoms with van der Waals surface area (Å²) in [4.78, 5) is 2.16. The summed E-state index contributed by atoms with van der Waals surface area (Å²) in [7, 11) is 0. The van der Waals surface area contributed by atoms with Gasteiger partial charge >= 0.3 is 0 Å². The lowest BCUT2D eigenvalue weighted by Gasteiger charge is -2.45. The van der Waals surface area contributed by atoms with Gasteiger partial charge in [-0.25, -0.2) is 4.39 Å². The molecule has 2 unspecified atom stereocenters. The van der Waals surface area contributed by atoms with Gasteiger partial charge in [0, 0.05) is 6.54 Å². The molecule has 20 heavy (non-hydrogen) atoms. The molecule has 1 saturated heterocycles. The van der Waals surface area contributed by atoms with Gasteiger partial charge in [-0.05, 0) is 37.5 Å². The average Bonchev–Trinajstić information content (AvgIpc) is 2.46. The van der Waals surface area contributed by atoms with E-state index >= 15 is 0 Å². The monoisotopic (exact) mass is 279 g/mol. The Labute approximate surface area is 119 Å². The van der Waals surface area contributed by atoms with Crippen LogP contribution in [0.5, 0.6) is 0 Å². The predicted molar refractivity (Wildman–Crippen MR) is 76.4 cm³/mol. The number of aliphatic hydroxyl groups excluding tert-OH is 1. The molecule has 1 heterocycles. The van der Waals surface area contributed by atoms with E-state index in [1.165, 1.54) is 18.9 Å². The van der Waals surface area contributed by atoms with Gasteiger partial charge in [0.1, 0.15) is 5.82 Å². The van der Waals surface area contributed by atoms with Gasteiger partial charge in [-0.2, -0.15) is 0 Å². The van der Waals surface area contributed by atoms with E-state index in [0.29, 0.717) is 23.9 Å². The zero-order chi connectivity index (χ0) is 14.1. The fraction of sp³-hybridized carbons (Fsp3) is 0.625. The van der Waals surface area contributed by atoms with E-state index in [9.17, 15) is 9.50 Å². The van der Waals surface area contributed by atoms with Crippen molar-refractivity contribution < 1.29 is 14.2 Å². The van der Waals surface area contributed by atoms with Crippen molar-refractivity contribution in [3.63, 3.8) is 0 Å². The number of benzene rings is 1. The fourth-order valence-corrected chi connectivity index (χ4v) is 3.41. The molecule has 2 fully saturated rings. The van der Waals surface area contributed by atoms with Crippen LogP contribution in [-0.2, 0) is 4.74 Å². The van der Waals surface area contributed by atoms with Crippen LogP contribution in [0.3, 0.4) is 0 Å². The number of fused-ring (bicyclic) bond motifs is 1. The summed E-state index contributed by atoms with van der Waals surface area (Å²) >= 11 is 0. The van der Waals surface area contributed by atoms with Crippen molar-refractivity contribution in [2.45, 2.75) is 50.9 Å². The Morgan fingerprint density at radius 3 is 2.90 bits per heavy atom. The molecule has 1 aromatic rings. The van der Waals surface area contributed by atoms with Gasteiger partial charge in [0.25, 0.3) is 0 Å². The van der Waals surface area contributed by atoms with Crippen LogP contribution in [0.4, 0.5) is 10.1 Å². The Morgan fingerprint density at radius 2 is 2.15 bits per heavy atom. The van der Waals surface area contributed by atoms with Gasteiger partial charge in [0.15, 0.2) is 0 Å². The molecule has 1 saturated carbocycles. The molecule has 0 bridgehead atoms. The lowest BCUT2D eigenvalue weighted by molar-refractivity contribution is -0.00891. The number of morpholine rings is 1. The minimum Gasteiger partial charge on any atom is -0.389 e. The van der Waals surface area contributed by atoms with Crippen LogP contribution in [0.25, 0.3) is 0 Å². The molecule has 0 amide bonds. The van der Waals surface area contributed by atoms with Crippen molar-refractivity contribution in [3.8, 4) is 0 Å². The summed E-state index contributed by atoms with van der Waals surface area (Å²) in [6.45, 7) is 3.06. The SMILES string of the molecule is C[C@@H](O)c1ccc(N2CCOC3CCCCC32)c(F)c1. The number of ether oxygens (including phenoxy) is 1. The lowest BCUT2D eigenvalue weighted by Crippen LogP contribution is -2.53. The second-order valence-corrected chi connectivity index (χ2v) is 5.84. The largest absolute Gasteiger partial charge is 0.389 e. The van der Waals surface area contributed by atoms with Crippen molar-refractivity contribution in [3.05, 3.63) is 29.6 Å². The number of nitrogens with zero attached hydrogens (tertiary/aromatic N) is 1. The first-order valence-corrected chi connectivity index (χ1v) is 7.52. The normalized spacial score (nSPS) is 28.1. The standard InChI is InChI=1S/C16H22FNO2/c1-11(19)12-6-7-14(13(17)10-12)18-8-9-20-16-5-3-2-4-15(16)18/h6-7,10-11,15-16,19H,2-5,8-9H2,1H3/t11-,15?,16?/m1/s1. The smallest absolute Gasteiger partial charge is 0.146 e. The molecule has 0 spiro atoms. The first-order valence-electron chi connectivity index (χ1n) is 7.52. The Morgan fingerprint density at radius 1 is 1.35 bits per heavy atom. The van der Waals surface area contributed by atoms with Crippen molar-refractivity contribution in [1.29, 1.82) is 0 Å². The van der Waals surface area contributed by atoms with E-state index < -0.39 is 6.10 Å². The summed E-state index contributed by atoms with van der Waals surface area (Å²) < 4.78 is 20.2. The molecule has 110 valence electrons. The summed E-state index contributed by atoms with van der Waals surface area (Å²) in [6, 6.07) is 5.36. The molecule has 3 atom stereocenters. The van der Waals surface area contributed by atoms with Crippen LogP contribution < -0.4 is 4.90 Å². The zero-order valence-corrected chi connectivity index (χ0v) is 11.9. The minimum absolute atomic E-state index is 0.241. The van der Waals surface area contributed by atoms with Crippen LogP contribution in [0.1, 0.15) is 44.3 Å². The number of rotatable bonds is 2. The number of anilines is 1. The van der Waals surface area contributed by atoms with Crippen LogP contribution in [0, 0.1) is 5.82 Å². The van der Waals surface area contributed by atoms with Gasteiger partial charge in [0.2, 0.25) is 0 Å². The average molecular weight is 279 g/mol. The third-order valence-corrected chi connectivity index (χ3v) is 4.50. The van der Waals surface area contributed by atoms with Crippen LogP contribution in [0.2, 0.25) is 0 Å². The van der Waals surface area contributed by atoms with Gasteiger partial charge in [0.05, 0.1) is 30.5 Å². The number of halogens is 1. The summed E-state index contributed by atoms with van der Waals surface area (Å²) in [5, 5.41) is 9.54. The topological polar surface area (TPSA) is 32.7 Å². The Kier molecular flexibility index (Phi) is 3.94. The molecule has 2 aliphatic rings. The zero-order valence-electron chi connectivity index (χ0n) is 11.9. The highest BCUT2D eigenvalue weighted by Gasteiger charge is 2.35. The van der Waals surface area contributed by atoms with Crippen molar-refractivity contribution in [2.75, 3.05) is 18.1 Å². The Hall–Kier alpha value is -1.13. The van der Waals surface area contributed by atoms with Crippen LogP contribution >= 0.6 is 0 Å². The van der Waals surface area contributed by atoms with E-state index in [2.05, 4.69) is 4.90 Å². The van der Waals surface area contributed by atoms with E-state index in [0.717, 1.165) is 19.4 Å². The molecular weight excluding hydrogens is 257 g/mol. The van der Waals surface area contributed by atoms with Gasteiger partial charge in [-0.3, -0.25) is 0 Å². The molecular formula is C16H22FNO2. The number of hydrogen-bond donors (Lipinski definition) is 1. The van der Waals surface area contributed by atoms with E-state index in [1.54, 1.807) is 13.0 Å². The second kappa shape index (κ2) is 5.70. The highest BCUT2D eigenvalue weighted by atomic mass is 19.1. The molecule has 3 nitrogen and oxygen atoms in total. The Bertz CT molecular complexity index is 476. The maximum Gasteiger partial charge on any atom is 0.146 e. The summed E-state index contributed by atoms with van der Waals surface area (Å²) in [5.74, 6) is -0.241. The van der Waals surface area contributed by atoms with E-state index in [1.807, 2.05) is 6.07 Å². The quantitative estimate of drug-likeness (QED) is 0.903. The summed E-state index contributed by atoms with van der Waals surface area (Å²) in [6.07, 6.45) is 4.16. The van der Waals surface area contributed by atoms with E-state index in [-0.39, 0.29) is 11.9 Å². The third-order valence-electron chi connectivity index (χ3n) is 4.50. The van der Waals surface area contributed by atoms with Crippen molar-refractivity contribution in [1.82, 2.24) is 0 Å². The van der Waals surface area contributed by atoms with Crippen LogP contribution in [0.15, 0.2) is 18.2 Å². The molecule has 3 rings (SSSR count). The molecule has 1 aliphatic heterocycles. The molecule has 1 aliphatic carbocycles. The highest BCUT2D eigenvalue weighted by molar-refractivity contribution is 5.51. The molecule has 0 radical (unpaired) electrons. The molecule has 0 aromatic heterocycles. The van der Waals surface area contributed by atoms with Gasteiger partial charge in [-0.15, -0.1) is 0 Å². The fourth-order valence-electron chi connectivity index (χ4n) is 3.41. The number of aliphatic hydroxyl groups is 1. The van der Waals surface area contributed by atoms with Gasteiger partial charge < -0.3 is 14.7 Å². The third kappa shape index (κ3) is 2.54. The Balaban J connectivity index is 1.87. The van der Waals surface area contributed by atoms with Crippen LogP contribution in [-0.4, -0.2) is 30.4 Å². The maximum atomic E-state index is 14.4.